The zero-order chi connectivity index (χ0) is 14.9. The van der Waals surface area contributed by atoms with Gasteiger partial charge in [-0.25, -0.2) is 4.39 Å². The Kier molecular flexibility index (Phi) is 4.36. The molecule has 1 aliphatic heterocycles. The van der Waals surface area contributed by atoms with Gasteiger partial charge in [0.25, 0.3) is 5.91 Å². The molecule has 20 heavy (non-hydrogen) atoms. The number of hydrogen-bond donors (Lipinski definition) is 0. The summed E-state index contributed by atoms with van der Waals surface area (Å²) in [6.45, 7) is 0.959. The van der Waals surface area contributed by atoms with Gasteiger partial charge in [-0.2, -0.15) is 13.2 Å². The van der Waals surface area contributed by atoms with Crippen molar-refractivity contribution in [2.75, 3.05) is 13.1 Å². The van der Waals surface area contributed by atoms with E-state index in [1.54, 1.807) is 0 Å². The number of nitrogens with zero attached hydrogens (tertiary/aromatic N) is 1. The predicted octanol–water partition coefficient (Wildman–Crippen LogP) is 3.84. The molecule has 1 aromatic rings. The highest BCUT2D eigenvalue weighted by molar-refractivity contribution is 9.09. The monoisotopic (exact) mass is 353 g/mol. The average Bonchev–Trinajstić information content (AvgIpc) is 2.38. The van der Waals surface area contributed by atoms with E-state index in [9.17, 15) is 22.4 Å². The van der Waals surface area contributed by atoms with E-state index in [0.717, 1.165) is 18.9 Å². The largest absolute Gasteiger partial charge is 0.419 e. The molecule has 0 aliphatic carbocycles. The topological polar surface area (TPSA) is 20.3 Å². The number of amides is 1. The molecule has 0 atom stereocenters. The minimum absolute atomic E-state index is 0.133. The van der Waals surface area contributed by atoms with E-state index in [0.29, 0.717) is 30.0 Å². The maximum atomic E-state index is 13.2. The van der Waals surface area contributed by atoms with Gasteiger partial charge in [-0.15, -0.1) is 0 Å². The van der Waals surface area contributed by atoms with E-state index in [1.165, 1.54) is 4.90 Å². The maximum Gasteiger partial charge on any atom is 0.419 e. The van der Waals surface area contributed by atoms with Crippen molar-refractivity contribution < 1.29 is 22.4 Å². The number of piperidine rings is 1. The summed E-state index contributed by atoms with van der Waals surface area (Å²) in [6.07, 6.45) is -3.30. The quantitative estimate of drug-likeness (QED) is 0.554. The van der Waals surface area contributed by atoms with E-state index in [-0.39, 0.29) is 5.56 Å². The van der Waals surface area contributed by atoms with E-state index >= 15 is 0 Å². The summed E-state index contributed by atoms with van der Waals surface area (Å²) in [5.74, 6) is -1.86. The molecule has 1 fully saturated rings. The third-order valence-corrected chi connectivity index (χ3v) is 4.15. The number of rotatable bonds is 1. The SMILES string of the molecule is O=C(c1ccc(F)c(C(F)(F)F)c1)N1CCC(Br)CC1. The molecule has 0 saturated carbocycles. The first-order valence-electron chi connectivity index (χ1n) is 6.09. The van der Waals surface area contributed by atoms with Gasteiger partial charge in [0, 0.05) is 23.5 Å². The molecule has 110 valence electrons. The number of likely N-dealkylation sites (tertiary alicyclic amines) is 1. The molecule has 0 unspecified atom stereocenters. The zero-order valence-electron chi connectivity index (χ0n) is 10.4. The minimum atomic E-state index is -4.80. The van der Waals surface area contributed by atoms with Gasteiger partial charge in [0.2, 0.25) is 0 Å². The molecule has 1 amide bonds. The second-order valence-corrected chi connectivity index (χ2v) is 5.95. The van der Waals surface area contributed by atoms with Crippen LogP contribution in [0.3, 0.4) is 0 Å². The Balaban J connectivity index is 2.23. The summed E-state index contributed by atoms with van der Waals surface area (Å²) in [5.41, 5.74) is -1.54. The molecule has 0 spiro atoms. The van der Waals surface area contributed by atoms with Crippen LogP contribution >= 0.6 is 15.9 Å². The van der Waals surface area contributed by atoms with Gasteiger partial charge in [0.15, 0.2) is 0 Å². The maximum absolute atomic E-state index is 13.2. The number of halogens is 5. The summed E-state index contributed by atoms with van der Waals surface area (Å²) in [7, 11) is 0. The number of alkyl halides is 4. The zero-order valence-corrected chi connectivity index (χ0v) is 12.0. The first-order valence-corrected chi connectivity index (χ1v) is 7.00. The fourth-order valence-corrected chi connectivity index (χ4v) is 2.52. The molecule has 0 bridgehead atoms. The number of hydrogen-bond acceptors (Lipinski definition) is 1. The van der Waals surface area contributed by atoms with Crippen LogP contribution in [-0.4, -0.2) is 28.7 Å². The van der Waals surface area contributed by atoms with E-state index in [4.69, 9.17) is 0 Å². The lowest BCUT2D eigenvalue weighted by Gasteiger charge is -2.29. The Morgan fingerprint density at radius 1 is 1.25 bits per heavy atom. The number of benzene rings is 1. The standard InChI is InChI=1S/C13H12BrF4NO/c14-9-3-5-19(6-4-9)12(20)8-1-2-11(15)10(7-8)13(16,17)18/h1-2,7,9H,3-6H2. The van der Waals surface area contributed by atoms with Crippen molar-refractivity contribution in [2.45, 2.75) is 23.8 Å². The molecule has 2 nitrogen and oxygen atoms in total. The van der Waals surface area contributed by atoms with Crippen LogP contribution in [0.25, 0.3) is 0 Å². The summed E-state index contributed by atoms with van der Waals surface area (Å²) in [6, 6.07) is 2.36. The summed E-state index contributed by atoms with van der Waals surface area (Å²) in [4.78, 5) is 13.9. The second kappa shape index (κ2) is 5.71. The summed E-state index contributed by atoms with van der Waals surface area (Å²) in [5, 5.41) is 0. The summed E-state index contributed by atoms with van der Waals surface area (Å²) >= 11 is 3.43. The third kappa shape index (κ3) is 3.31. The van der Waals surface area contributed by atoms with Gasteiger partial charge in [0.1, 0.15) is 5.82 Å². The molecule has 2 rings (SSSR count). The fourth-order valence-electron chi connectivity index (χ4n) is 2.11. The van der Waals surface area contributed by atoms with Crippen LogP contribution in [0, 0.1) is 5.82 Å². The number of carbonyl (C=O) groups excluding carboxylic acids is 1. The molecular formula is C13H12BrF4NO. The highest BCUT2D eigenvalue weighted by atomic mass is 79.9. The third-order valence-electron chi connectivity index (χ3n) is 3.23. The molecule has 1 saturated heterocycles. The highest BCUT2D eigenvalue weighted by Gasteiger charge is 2.35. The van der Waals surface area contributed by atoms with Crippen molar-refractivity contribution in [3.8, 4) is 0 Å². The van der Waals surface area contributed by atoms with E-state index < -0.39 is 23.5 Å². The van der Waals surface area contributed by atoms with Gasteiger partial charge in [-0.3, -0.25) is 4.79 Å². The Morgan fingerprint density at radius 3 is 2.40 bits per heavy atom. The molecule has 0 N–H and O–H groups in total. The van der Waals surface area contributed by atoms with Crippen molar-refractivity contribution in [1.82, 2.24) is 4.90 Å². The molecule has 1 heterocycles. The number of carbonyl (C=O) groups is 1. The lowest BCUT2D eigenvalue weighted by molar-refractivity contribution is -0.140. The molecule has 1 aromatic carbocycles. The molecule has 1 aliphatic rings. The Hall–Kier alpha value is -1.11. The fraction of sp³-hybridized carbons (Fsp3) is 0.462. The van der Waals surface area contributed by atoms with Crippen LogP contribution in [0.2, 0.25) is 0 Å². The highest BCUT2D eigenvalue weighted by Crippen LogP contribution is 2.32. The molecule has 0 radical (unpaired) electrons. The summed E-state index contributed by atoms with van der Waals surface area (Å²) < 4.78 is 51.0. The minimum Gasteiger partial charge on any atom is -0.339 e. The van der Waals surface area contributed by atoms with Crippen LogP contribution in [0.5, 0.6) is 0 Å². The first kappa shape index (κ1) is 15.3. The smallest absolute Gasteiger partial charge is 0.339 e. The van der Waals surface area contributed by atoms with Crippen molar-refractivity contribution in [3.05, 3.63) is 35.1 Å². The lowest BCUT2D eigenvalue weighted by Crippen LogP contribution is -2.38. The normalized spacial score (nSPS) is 17.4. The van der Waals surface area contributed by atoms with Crippen LogP contribution in [0.15, 0.2) is 18.2 Å². The second-order valence-electron chi connectivity index (χ2n) is 4.66. The van der Waals surface area contributed by atoms with Crippen LogP contribution in [-0.2, 0) is 6.18 Å². The Bertz CT molecular complexity index is 510. The molecule has 0 aromatic heterocycles. The van der Waals surface area contributed by atoms with Crippen molar-refractivity contribution >= 4 is 21.8 Å². The molecular weight excluding hydrogens is 342 g/mol. The van der Waals surface area contributed by atoms with Gasteiger partial charge in [0.05, 0.1) is 5.56 Å². The van der Waals surface area contributed by atoms with Crippen molar-refractivity contribution in [3.63, 3.8) is 0 Å². The Morgan fingerprint density at radius 2 is 1.85 bits per heavy atom. The van der Waals surface area contributed by atoms with Crippen LogP contribution in [0.1, 0.15) is 28.8 Å². The average molecular weight is 354 g/mol. The van der Waals surface area contributed by atoms with Crippen LogP contribution < -0.4 is 0 Å². The van der Waals surface area contributed by atoms with E-state index in [2.05, 4.69) is 15.9 Å². The van der Waals surface area contributed by atoms with Crippen molar-refractivity contribution in [2.24, 2.45) is 0 Å². The van der Waals surface area contributed by atoms with Gasteiger partial charge >= 0.3 is 6.18 Å². The predicted molar refractivity (Wildman–Crippen MR) is 69.3 cm³/mol. The van der Waals surface area contributed by atoms with E-state index in [1.807, 2.05) is 0 Å². The van der Waals surface area contributed by atoms with Crippen molar-refractivity contribution in [1.29, 1.82) is 0 Å². The molecule has 7 heteroatoms. The van der Waals surface area contributed by atoms with Gasteiger partial charge < -0.3 is 4.90 Å². The van der Waals surface area contributed by atoms with Gasteiger partial charge in [-0.1, -0.05) is 15.9 Å². The Labute approximate surface area is 121 Å². The lowest BCUT2D eigenvalue weighted by atomic mass is 10.1. The van der Waals surface area contributed by atoms with Gasteiger partial charge in [-0.05, 0) is 31.0 Å². The van der Waals surface area contributed by atoms with Crippen LogP contribution in [0.4, 0.5) is 17.6 Å². The first-order chi connectivity index (χ1) is 9.29.